The largest absolute Gasteiger partial charge is 0.278 e. The van der Waals surface area contributed by atoms with E-state index in [0.29, 0.717) is 0 Å². The van der Waals surface area contributed by atoms with Crippen LogP contribution in [0.5, 0.6) is 0 Å². The van der Waals surface area contributed by atoms with Crippen LogP contribution in [0.4, 0.5) is 0 Å². The van der Waals surface area contributed by atoms with Crippen LogP contribution < -0.4 is 0 Å². The van der Waals surface area contributed by atoms with E-state index in [1.54, 1.807) is 0 Å². The van der Waals surface area contributed by atoms with Gasteiger partial charge in [0, 0.05) is 12.3 Å². The molecular formula is C16H15NS. The molecule has 0 aliphatic carbocycles. The van der Waals surface area contributed by atoms with Crippen molar-refractivity contribution in [2.24, 2.45) is 4.99 Å². The molecule has 0 amide bonds. The number of benzene rings is 2. The van der Waals surface area contributed by atoms with Gasteiger partial charge >= 0.3 is 0 Å². The van der Waals surface area contributed by atoms with Crippen molar-refractivity contribution in [3.63, 3.8) is 0 Å². The normalized spacial score (nSPS) is 16.1. The highest BCUT2D eigenvalue weighted by Gasteiger charge is 2.01. The smallest absolute Gasteiger partial charge is 0.0904 e. The average Bonchev–Trinajstić information content (AvgIpc) is 2.46. The predicted octanol–water partition coefficient (Wildman–Crippen LogP) is 4.39. The Morgan fingerprint density at radius 2 is 1.89 bits per heavy atom. The van der Waals surface area contributed by atoms with Gasteiger partial charge in [0.2, 0.25) is 0 Å². The van der Waals surface area contributed by atoms with E-state index in [0.717, 1.165) is 11.6 Å². The van der Waals surface area contributed by atoms with Crippen LogP contribution in [0.1, 0.15) is 12.0 Å². The summed E-state index contributed by atoms with van der Waals surface area (Å²) < 4.78 is 0. The number of nitrogens with zero attached hydrogens (tertiary/aromatic N) is 1. The molecule has 0 N–H and O–H groups in total. The number of thioether (sulfide) groups is 1. The average molecular weight is 253 g/mol. The maximum Gasteiger partial charge on any atom is 0.0904 e. The van der Waals surface area contributed by atoms with Crippen LogP contribution >= 0.6 is 11.8 Å². The fourth-order valence-electron chi connectivity index (χ4n) is 2.06. The van der Waals surface area contributed by atoms with Gasteiger partial charge in [0.1, 0.15) is 0 Å². The lowest BCUT2D eigenvalue weighted by molar-refractivity contribution is 0.940. The number of fused-ring (bicyclic) bond motifs is 1. The molecule has 2 aromatic carbocycles. The van der Waals surface area contributed by atoms with Crippen molar-refractivity contribution in [2.75, 3.05) is 12.3 Å². The van der Waals surface area contributed by atoms with Gasteiger partial charge in [0.05, 0.1) is 5.04 Å². The van der Waals surface area contributed by atoms with Crippen molar-refractivity contribution < 1.29 is 0 Å². The number of aliphatic imine (C=N–C) groups is 1. The van der Waals surface area contributed by atoms with Gasteiger partial charge in [0.15, 0.2) is 0 Å². The lowest BCUT2D eigenvalue weighted by Crippen LogP contribution is -2.00. The van der Waals surface area contributed by atoms with E-state index in [-0.39, 0.29) is 0 Å². The Hall–Kier alpha value is -1.54. The quantitative estimate of drug-likeness (QED) is 0.773. The molecule has 0 aromatic heterocycles. The second-order valence-electron chi connectivity index (χ2n) is 4.36. The Morgan fingerprint density at radius 1 is 1.00 bits per heavy atom. The van der Waals surface area contributed by atoms with Crippen molar-refractivity contribution in [1.82, 2.24) is 0 Å². The third-order valence-corrected chi connectivity index (χ3v) is 4.07. The molecule has 18 heavy (non-hydrogen) atoms. The lowest BCUT2D eigenvalue weighted by atomic mass is 10.1. The van der Waals surface area contributed by atoms with Gasteiger partial charge in [0.25, 0.3) is 0 Å². The molecule has 2 aromatic rings. The molecule has 2 heteroatoms. The Bertz CT molecular complexity index is 613. The minimum Gasteiger partial charge on any atom is -0.278 e. The lowest BCUT2D eigenvalue weighted by Gasteiger charge is -2.06. The van der Waals surface area contributed by atoms with E-state index in [9.17, 15) is 0 Å². The summed E-state index contributed by atoms with van der Waals surface area (Å²) in [6.07, 6.45) is 5.50. The molecule has 1 aliphatic heterocycles. The van der Waals surface area contributed by atoms with Crippen LogP contribution in [0, 0.1) is 0 Å². The second-order valence-corrected chi connectivity index (χ2v) is 5.48. The van der Waals surface area contributed by atoms with Crippen molar-refractivity contribution in [3.8, 4) is 0 Å². The van der Waals surface area contributed by atoms with E-state index in [1.165, 1.54) is 28.5 Å². The van der Waals surface area contributed by atoms with Gasteiger partial charge in [-0.05, 0) is 34.9 Å². The van der Waals surface area contributed by atoms with E-state index in [1.807, 2.05) is 11.8 Å². The first kappa shape index (κ1) is 11.5. The van der Waals surface area contributed by atoms with Gasteiger partial charge in [-0.2, -0.15) is 0 Å². The number of rotatable bonds is 2. The predicted molar refractivity (Wildman–Crippen MR) is 82.4 cm³/mol. The first-order valence-electron chi connectivity index (χ1n) is 6.26. The maximum absolute atomic E-state index is 4.50. The van der Waals surface area contributed by atoms with Crippen molar-refractivity contribution >= 4 is 33.7 Å². The molecule has 90 valence electrons. The molecule has 0 spiro atoms. The molecule has 0 bridgehead atoms. The van der Waals surface area contributed by atoms with E-state index in [2.05, 4.69) is 59.6 Å². The minimum absolute atomic E-state index is 0.977. The van der Waals surface area contributed by atoms with Crippen LogP contribution in [-0.4, -0.2) is 17.3 Å². The highest BCUT2D eigenvalue weighted by Crippen LogP contribution is 2.18. The molecule has 0 radical (unpaired) electrons. The molecule has 1 nitrogen and oxygen atoms in total. The van der Waals surface area contributed by atoms with Crippen molar-refractivity contribution in [1.29, 1.82) is 0 Å². The summed E-state index contributed by atoms with van der Waals surface area (Å²) in [6, 6.07) is 15.0. The number of hydrogen-bond donors (Lipinski definition) is 0. The van der Waals surface area contributed by atoms with Gasteiger partial charge in [-0.3, -0.25) is 4.99 Å². The summed E-state index contributed by atoms with van der Waals surface area (Å²) in [5.41, 5.74) is 1.24. The molecular weight excluding hydrogens is 238 g/mol. The first-order valence-corrected chi connectivity index (χ1v) is 7.24. The van der Waals surface area contributed by atoms with Crippen LogP contribution in [0.3, 0.4) is 0 Å². The van der Waals surface area contributed by atoms with Crippen LogP contribution in [0.2, 0.25) is 0 Å². The van der Waals surface area contributed by atoms with Gasteiger partial charge < -0.3 is 0 Å². The van der Waals surface area contributed by atoms with Crippen molar-refractivity contribution in [2.45, 2.75) is 6.42 Å². The highest BCUT2D eigenvalue weighted by molar-refractivity contribution is 8.14. The summed E-state index contributed by atoms with van der Waals surface area (Å²) in [5.74, 6) is 1.20. The molecule has 3 rings (SSSR count). The Kier molecular flexibility index (Phi) is 3.47. The van der Waals surface area contributed by atoms with E-state index in [4.69, 9.17) is 0 Å². The fourth-order valence-corrected chi connectivity index (χ4v) is 2.89. The van der Waals surface area contributed by atoms with Crippen LogP contribution in [0.25, 0.3) is 16.8 Å². The molecule has 1 aliphatic rings. The summed E-state index contributed by atoms with van der Waals surface area (Å²) in [6.45, 7) is 0.977. The van der Waals surface area contributed by atoms with Gasteiger partial charge in [-0.25, -0.2) is 0 Å². The summed E-state index contributed by atoms with van der Waals surface area (Å²) in [5, 5.41) is 3.74. The fraction of sp³-hybridized carbons (Fsp3) is 0.188. The third-order valence-electron chi connectivity index (χ3n) is 3.01. The van der Waals surface area contributed by atoms with E-state index < -0.39 is 0 Å². The second kappa shape index (κ2) is 5.40. The van der Waals surface area contributed by atoms with Crippen LogP contribution in [-0.2, 0) is 0 Å². The molecule has 0 saturated carbocycles. The topological polar surface area (TPSA) is 12.4 Å². The first-order chi connectivity index (χ1) is 8.92. The van der Waals surface area contributed by atoms with Gasteiger partial charge in [-0.1, -0.05) is 42.5 Å². The van der Waals surface area contributed by atoms with Gasteiger partial charge in [-0.15, -0.1) is 11.8 Å². The van der Waals surface area contributed by atoms with Crippen molar-refractivity contribution in [3.05, 3.63) is 54.1 Å². The maximum atomic E-state index is 4.50. The standard InChI is InChI=1S/C16H15NS/c1-2-5-15-12-13(6-8-14(15)4-1)7-9-16-17-10-3-11-18-16/h1-2,4-9,12H,3,10-11H2/b9-7+. The highest BCUT2D eigenvalue weighted by atomic mass is 32.2. The van der Waals surface area contributed by atoms with Crippen LogP contribution in [0.15, 0.2) is 53.5 Å². The zero-order valence-corrected chi connectivity index (χ0v) is 11.0. The summed E-state index contributed by atoms with van der Waals surface area (Å²) in [7, 11) is 0. The van der Waals surface area contributed by atoms with E-state index >= 15 is 0 Å². The molecule has 0 atom stereocenters. The third kappa shape index (κ3) is 2.65. The Morgan fingerprint density at radius 3 is 2.72 bits per heavy atom. The molecule has 1 heterocycles. The molecule has 0 saturated heterocycles. The number of hydrogen-bond acceptors (Lipinski definition) is 2. The Balaban J connectivity index is 1.86. The minimum atomic E-state index is 0.977. The summed E-state index contributed by atoms with van der Waals surface area (Å²) >= 11 is 1.85. The zero-order chi connectivity index (χ0) is 12.2. The molecule has 0 unspecified atom stereocenters. The zero-order valence-electron chi connectivity index (χ0n) is 10.2. The SMILES string of the molecule is C(=C\c1ccc2ccccc2c1)/C1=NCCCS1. The summed E-state index contributed by atoms with van der Waals surface area (Å²) in [4.78, 5) is 4.50. The Labute approximate surface area is 112 Å². The molecule has 0 fully saturated rings. The monoisotopic (exact) mass is 253 g/mol.